The fraction of sp³-hybridized carbons (Fsp3) is 0.485. The van der Waals surface area contributed by atoms with Gasteiger partial charge in [0.15, 0.2) is 0 Å². The van der Waals surface area contributed by atoms with Crippen LogP contribution in [0.5, 0.6) is 11.5 Å². The zero-order valence-electron chi connectivity index (χ0n) is 24.1. The first-order valence-corrected chi connectivity index (χ1v) is 13.7. The number of rotatable bonds is 16. The highest BCUT2D eigenvalue weighted by atomic mass is 16.5. The van der Waals surface area contributed by atoms with Crippen LogP contribution in [0.2, 0.25) is 0 Å². The van der Waals surface area contributed by atoms with Gasteiger partial charge in [-0.2, -0.15) is 15.5 Å². The van der Waals surface area contributed by atoms with Gasteiger partial charge < -0.3 is 9.47 Å². The van der Waals surface area contributed by atoms with Gasteiger partial charge in [-0.15, -0.1) is 0 Å². The Morgan fingerprint density at radius 2 is 1.68 bits per heavy atom. The average molecular weight is 516 g/mol. The van der Waals surface area contributed by atoms with Crippen molar-refractivity contribution in [2.24, 2.45) is 22.1 Å². The molecule has 0 radical (unpaired) electrons. The molecule has 204 valence electrons. The molecule has 0 heterocycles. The summed E-state index contributed by atoms with van der Waals surface area (Å²) in [6.45, 7) is 6.87. The Balaban J connectivity index is 2.23. The quantitative estimate of drug-likeness (QED) is 0.165. The Morgan fingerprint density at radius 1 is 0.974 bits per heavy atom. The minimum absolute atomic E-state index is 0.581. The van der Waals surface area contributed by atoms with E-state index in [0.717, 1.165) is 47.1 Å². The molecule has 2 unspecified atom stereocenters. The third kappa shape index (κ3) is 10.2. The van der Waals surface area contributed by atoms with E-state index in [4.69, 9.17) is 9.47 Å². The Morgan fingerprint density at radius 3 is 2.34 bits per heavy atom. The lowest BCUT2D eigenvalue weighted by atomic mass is 9.73. The highest BCUT2D eigenvalue weighted by Crippen LogP contribution is 2.37. The number of nitrogens with zero attached hydrogens (tertiary/aromatic N) is 3. The summed E-state index contributed by atoms with van der Waals surface area (Å²) < 4.78 is 10.8. The van der Waals surface area contributed by atoms with E-state index in [2.05, 4.69) is 49.2 Å². The van der Waals surface area contributed by atoms with Crippen LogP contribution in [0.3, 0.4) is 0 Å². The topological polar surface area (TPSA) is 67.0 Å². The van der Waals surface area contributed by atoms with E-state index in [1.807, 2.05) is 54.6 Å². The molecule has 0 N–H and O–H groups in total. The summed E-state index contributed by atoms with van der Waals surface area (Å²) in [6, 6.07) is 18.6. The summed E-state index contributed by atoms with van der Waals surface area (Å²) in [4.78, 5) is 0. The van der Waals surface area contributed by atoms with Gasteiger partial charge >= 0.3 is 0 Å². The molecule has 2 aromatic rings. The average Bonchev–Trinajstić information content (AvgIpc) is 2.93. The molecule has 0 aliphatic heterocycles. The zero-order valence-corrected chi connectivity index (χ0v) is 24.1. The molecule has 5 nitrogen and oxygen atoms in total. The van der Waals surface area contributed by atoms with Crippen LogP contribution in [0.15, 0.2) is 76.6 Å². The largest absolute Gasteiger partial charge is 0.497 e. The summed E-state index contributed by atoms with van der Waals surface area (Å²) in [7, 11) is 5.00. The smallest absolute Gasteiger partial charge is 0.119 e. The maximum Gasteiger partial charge on any atom is 0.119 e. The molecule has 0 fully saturated rings. The Labute approximate surface area is 230 Å². The van der Waals surface area contributed by atoms with Crippen LogP contribution < -0.4 is 9.47 Å². The third-order valence-corrected chi connectivity index (χ3v) is 7.06. The molecule has 2 atom stereocenters. The molecule has 5 heteroatoms. The third-order valence-electron chi connectivity index (χ3n) is 7.06. The fourth-order valence-corrected chi connectivity index (χ4v) is 4.67. The number of hydrogen-bond acceptors (Lipinski definition) is 5. The Bertz CT molecular complexity index is 1110. The number of methoxy groups -OCH3 is 2. The summed E-state index contributed by atoms with van der Waals surface area (Å²) in [5.41, 5.74) is 2.22. The van der Waals surface area contributed by atoms with Gasteiger partial charge in [0.25, 0.3) is 0 Å². The van der Waals surface area contributed by atoms with E-state index >= 15 is 0 Å². The second kappa shape index (κ2) is 16.5. The van der Waals surface area contributed by atoms with Gasteiger partial charge in [-0.3, -0.25) is 0 Å². The molecule has 0 amide bonds. The van der Waals surface area contributed by atoms with E-state index in [1.165, 1.54) is 19.3 Å². The van der Waals surface area contributed by atoms with Crippen molar-refractivity contribution in [1.82, 2.24) is 0 Å². The molecule has 0 aliphatic carbocycles. The van der Waals surface area contributed by atoms with Gasteiger partial charge in [0, 0.05) is 7.05 Å². The molecule has 0 aromatic heterocycles. The van der Waals surface area contributed by atoms with E-state index in [-0.39, 0.29) is 0 Å². The molecule has 0 bridgehead atoms. The van der Waals surface area contributed by atoms with Crippen molar-refractivity contribution in [1.29, 1.82) is 5.26 Å². The highest BCUT2D eigenvalue weighted by Gasteiger charge is 2.32. The molecule has 0 saturated carbocycles. The standard InChI is InChI=1S/C33H45N3O2/c1-26(2)11-7-12-27(3)20-22-33(25-34,29-14-9-17-32(24-29)38-6)21-10-15-30(36-35-4)19-18-28-13-8-16-31(23-28)37-5/h8-9,13-19,23-24,26-27H,7,10-12,20-22H2,1-6H3/b19-18+,30-15-,36-35?. The normalized spacial score (nSPS) is 14.5. The van der Waals surface area contributed by atoms with Crippen LogP contribution >= 0.6 is 0 Å². The number of azo groups is 1. The molecular formula is C33H45N3O2. The summed E-state index contributed by atoms with van der Waals surface area (Å²) in [5.74, 6) is 2.91. The number of allylic oxidation sites excluding steroid dienone is 2. The predicted octanol–water partition coefficient (Wildman–Crippen LogP) is 9.17. The van der Waals surface area contributed by atoms with Crippen molar-refractivity contribution in [3.8, 4) is 17.6 Å². The van der Waals surface area contributed by atoms with Crippen molar-refractivity contribution in [2.75, 3.05) is 21.3 Å². The predicted molar refractivity (Wildman–Crippen MR) is 157 cm³/mol. The number of ether oxygens (including phenoxy) is 2. The van der Waals surface area contributed by atoms with Crippen molar-refractivity contribution in [2.45, 2.75) is 71.1 Å². The van der Waals surface area contributed by atoms with Crippen molar-refractivity contribution < 1.29 is 9.47 Å². The SMILES string of the molecule is CN=NC(=C\CCC(C#N)(CCC(C)CCCC(C)C)c1cccc(OC)c1)/C=C/c1cccc(OC)c1. The molecule has 0 saturated heterocycles. The van der Waals surface area contributed by atoms with Gasteiger partial charge in [0.05, 0.1) is 31.4 Å². The van der Waals surface area contributed by atoms with Crippen molar-refractivity contribution in [3.63, 3.8) is 0 Å². The van der Waals surface area contributed by atoms with Gasteiger partial charge in [-0.1, -0.05) is 76.5 Å². The first kappa shape index (κ1) is 30.8. The van der Waals surface area contributed by atoms with Gasteiger partial charge in [0.1, 0.15) is 11.5 Å². The van der Waals surface area contributed by atoms with Gasteiger partial charge in [0.2, 0.25) is 0 Å². The van der Waals surface area contributed by atoms with E-state index in [0.29, 0.717) is 18.8 Å². The second-order valence-corrected chi connectivity index (χ2v) is 10.5. The fourth-order valence-electron chi connectivity index (χ4n) is 4.67. The van der Waals surface area contributed by atoms with Crippen LogP contribution in [0.25, 0.3) is 6.08 Å². The van der Waals surface area contributed by atoms with Crippen LogP contribution in [0, 0.1) is 23.2 Å². The lowest BCUT2D eigenvalue weighted by Crippen LogP contribution is -2.25. The highest BCUT2D eigenvalue weighted by molar-refractivity contribution is 5.54. The maximum atomic E-state index is 10.5. The van der Waals surface area contributed by atoms with Crippen molar-refractivity contribution >= 4 is 6.08 Å². The zero-order chi connectivity index (χ0) is 27.8. The molecule has 38 heavy (non-hydrogen) atoms. The number of hydrogen-bond donors (Lipinski definition) is 0. The van der Waals surface area contributed by atoms with Crippen LogP contribution in [0.1, 0.15) is 76.8 Å². The molecule has 2 aromatic carbocycles. The first-order chi connectivity index (χ1) is 18.4. The Hall–Kier alpha value is -3.39. The van der Waals surface area contributed by atoms with E-state index in [1.54, 1.807) is 21.3 Å². The maximum absolute atomic E-state index is 10.5. The minimum Gasteiger partial charge on any atom is -0.497 e. The van der Waals surface area contributed by atoms with Gasteiger partial charge in [-0.05, 0) is 79.0 Å². The molecule has 2 rings (SSSR count). The van der Waals surface area contributed by atoms with Crippen LogP contribution in [0.4, 0.5) is 0 Å². The lowest BCUT2D eigenvalue weighted by molar-refractivity contribution is 0.367. The molecular weight excluding hydrogens is 470 g/mol. The first-order valence-electron chi connectivity index (χ1n) is 13.7. The summed E-state index contributed by atoms with van der Waals surface area (Å²) >= 11 is 0. The monoisotopic (exact) mass is 515 g/mol. The Kier molecular flexibility index (Phi) is 13.3. The second-order valence-electron chi connectivity index (χ2n) is 10.5. The molecule has 0 spiro atoms. The molecule has 0 aliphatic rings. The van der Waals surface area contributed by atoms with Crippen molar-refractivity contribution in [3.05, 3.63) is 77.5 Å². The minimum atomic E-state index is -0.595. The van der Waals surface area contributed by atoms with E-state index in [9.17, 15) is 5.26 Å². The van der Waals surface area contributed by atoms with Crippen LogP contribution in [-0.2, 0) is 5.41 Å². The number of nitriles is 1. The van der Waals surface area contributed by atoms with Gasteiger partial charge in [-0.25, -0.2) is 0 Å². The summed E-state index contributed by atoms with van der Waals surface area (Å²) in [5, 5.41) is 18.9. The lowest BCUT2D eigenvalue weighted by Gasteiger charge is -2.29. The number of benzene rings is 2. The summed E-state index contributed by atoms with van der Waals surface area (Å²) in [6.07, 6.45) is 13.0. The van der Waals surface area contributed by atoms with E-state index < -0.39 is 5.41 Å². The van der Waals surface area contributed by atoms with Crippen LogP contribution in [-0.4, -0.2) is 21.3 Å².